The second kappa shape index (κ2) is 11.2. The van der Waals surface area contributed by atoms with Gasteiger partial charge in [-0.3, -0.25) is 29.5 Å². The Kier molecular flexibility index (Phi) is 6.76. The van der Waals surface area contributed by atoms with E-state index in [1.165, 1.54) is 16.5 Å². The number of nitrogens with one attached hydrogen (secondary N) is 1. The Balaban J connectivity index is 1.04. The van der Waals surface area contributed by atoms with Crippen molar-refractivity contribution in [2.45, 2.75) is 31.8 Å². The number of nitriles is 1. The number of hydrogen-bond donors (Lipinski definition) is 1. The summed E-state index contributed by atoms with van der Waals surface area (Å²) in [6.45, 7) is 3.80. The zero-order valence-electron chi connectivity index (χ0n) is 25.0. The van der Waals surface area contributed by atoms with Gasteiger partial charge in [-0.05, 0) is 65.3 Å². The molecule has 0 aromatic heterocycles. The predicted molar refractivity (Wildman–Crippen MR) is 165 cm³/mol. The molecule has 0 spiro atoms. The van der Waals surface area contributed by atoms with Gasteiger partial charge >= 0.3 is 0 Å². The average Bonchev–Trinajstić information content (AvgIpc) is 3.34. The van der Waals surface area contributed by atoms with Crippen molar-refractivity contribution in [3.05, 3.63) is 106 Å². The first kappa shape index (κ1) is 26.5. The average molecular weight is 589 g/mol. The Morgan fingerprint density at radius 3 is 2.41 bits per heavy atom. The maximum absolute atomic E-state index is 14.5. The summed E-state index contributed by atoms with van der Waals surface area (Å²) in [5.41, 5.74) is 5.16. The third-order valence-corrected chi connectivity index (χ3v) is 8.77. The smallest absolute Gasteiger partial charge is 0.259 e. The highest BCUT2D eigenvalue weighted by Crippen LogP contribution is 2.41. The Hall–Kier alpha value is -5.07. The maximum Gasteiger partial charge on any atom is 0.259 e. The molecule has 3 aliphatic rings. The third-order valence-electron chi connectivity index (χ3n) is 8.77. The monoisotopic (exact) mass is 588 g/mol. The van der Waals surface area contributed by atoms with Crippen LogP contribution >= 0.6 is 0 Å². The maximum atomic E-state index is 14.5. The number of imide groups is 1. The van der Waals surface area contributed by atoms with Gasteiger partial charge in [0.15, 0.2) is 0 Å². The van der Waals surface area contributed by atoms with Crippen LogP contribution in [0.15, 0.2) is 72.8 Å². The van der Waals surface area contributed by atoms with Crippen molar-refractivity contribution in [2.24, 2.45) is 0 Å². The van der Waals surface area contributed by atoms with Gasteiger partial charge in [-0.1, -0.05) is 42.5 Å². The van der Waals surface area contributed by atoms with Crippen LogP contribution in [-0.2, 0) is 22.6 Å². The standard InChI is InChI=1S/C35H30FN5O3/c36-28-19-24(20-37)8-10-29(28)40-16-14-39(15-17-40)21-23-6-4-22(5-7-23)18-25-9-11-30-33-26(25)2-1-3-27(33)35(44)41(30)31-12-13-32(42)38-34(31)43/h1-11,19,31H,12-18,21H2,(H,38,42,43)/i31D. The quantitative estimate of drug-likeness (QED) is 0.333. The minimum atomic E-state index is -1.89. The van der Waals surface area contributed by atoms with E-state index in [1.54, 1.807) is 18.2 Å². The second-order valence-electron chi connectivity index (χ2n) is 11.5. The number of anilines is 2. The van der Waals surface area contributed by atoms with Crippen molar-refractivity contribution < 1.29 is 20.1 Å². The first-order valence-electron chi connectivity index (χ1n) is 15.2. The lowest BCUT2D eigenvalue weighted by molar-refractivity contribution is -0.134. The van der Waals surface area contributed by atoms with Gasteiger partial charge in [-0.25, -0.2) is 4.39 Å². The molecule has 0 bridgehead atoms. The fourth-order valence-corrected chi connectivity index (χ4v) is 6.51. The highest BCUT2D eigenvalue weighted by molar-refractivity contribution is 6.27. The van der Waals surface area contributed by atoms with Crippen LogP contribution in [0.1, 0.15) is 46.8 Å². The van der Waals surface area contributed by atoms with E-state index in [0.29, 0.717) is 42.0 Å². The zero-order chi connectivity index (χ0) is 31.3. The van der Waals surface area contributed by atoms with E-state index in [1.807, 2.05) is 35.2 Å². The summed E-state index contributed by atoms with van der Waals surface area (Å²) in [6, 6.07) is 22.5. The van der Waals surface area contributed by atoms with Crippen molar-refractivity contribution >= 4 is 39.9 Å². The summed E-state index contributed by atoms with van der Waals surface area (Å²) in [5.74, 6) is -1.98. The minimum Gasteiger partial charge on any atom is -0.367 e. The summed E-state index contributed by atoms with van der Waals surface area (Å²) >= 11 is 0. The van der Waals surface area contributed by atoms with Crippen LogP contribution in [0.5, 0.6) is 0 Å². The molecule has 3 amide bonds. The number of amides is 3. The lowest BCUT2D eigenvalue weighted by Crippen LogP contribution is -2.53. The molecule has 0 radical (unpaired) electrons. The van der Waals surface area contributed by atoms with Crippen molar-refractivity contribution in [1.29, 1.82) is 5.26 Å². The molecule has 7 rings (SSSR count). The number of carbonyl (C=O) groups is 3. The van der Waals surface area contributed by atoms with Crippen LogP contribution < -0.4 is 15.1 Å². The van der Waals surface area contributed by atoms with E-state index >= 15 is 0 Å². The Morgan fingerprint density at radius 1 is 0.932 bits per heavy atom. The molecular formula is C35H30FN5O3. The molecule has 1 unspecified atom stereocenters. The van der Waals surface area contributed by atoms with Crippen LogP contribution in [0.2, 0.25) is 0 Å². The van der Waals surface area contributed by atoms with Crippen molar-refractivity contribution in [1.82, 2.24) is 10.2 Å². The van der Waals surface area contributed by atoms with E-state index in [-0.39, 0.29) is 18.7 Å². The Bertz CT molecular complexity index is 1920. The number of carbonyl (C=O) groups excluding carboxylic acids is 3. The normalized spacial score (nSPS) is 20.5. The number of nitrogens with zero attached hydrogens (tertiary/aromatic N) is 4. The molecule has 3 heterocycles. The number of piperidine rings is 1. The van der Waals surface area contributed by atoms with Crippen molar-refractivity contribution in [2.75, 3.05) is 36.0 Å². The molecule has 4 aromatic rings. The number of hydrogen-bond acceptors (Lipinski definition) is 6. The molecule has 9 heteroatoms. The molecule has 0 aliphatic carbocycles. The molecule has 0 saturated carbocycles. The van der Waals surface area contributed by atoms with E-state index in [2.05, 4.69) is 34.5 Å². The molecule has 44 heavy (non-hydrogen) atoms. The van der Waals surface area contributed by atoms with Gasteiger partial charge in [-0.15, -0.1) is 0 Å². The van der Waals surface area contributed by atoms with Gasteiger partial charge in [0.1, 0.15) is 11.8 Å². The highest BCUT2D eigenvalue weighted by atomic mass is 19.1. The van der Waals surface area contributed by atoms with Gasteiger partial charge < -0.3 is 4.90 Å². The van der Waals surface area contributed by atoms with Crippen LogP contribution in [0.3, 0.4) is 0 Å². The zero-order valence-corrected chi connectivity index (χ0v) is 24.0. The third kappa shape index (κ3) is 4.97. The summed E-state index contributed by atoms with van der Waals surface area (Å²) < 4.78 is 23.4. The number of rotatable bonds is 6. The van der Waals surface area contributed by atoms with Gasteiger partial charge in [-0.2, -0.15) is 5.26 Å². The molecule has 1 N–H and O–H groups in total. The minimum absolute atomic E-state index is 0.00136. The fraction of sp³-hybridized carbons (Fsp3) is 0.257. The lowest BCUT2D eigenvalue weighted by atomic mass is 9.95. The summed E-state index contributed by atoms with van der Waals surface area (Å²) in [5, 5.41) is 12.9. The Morgan fingerprint density at radius 2 is 1.68 bits per heavy atom. The highest BCUT2D eigenvalue weighted by Gasteiger charge is 2.40. The van der Waals surface area contributed by atoms with Crippen LogP contribution in [0.25, 0.3) is 10.8 Å². The van der Waals surface area contributed by atoms with E-state index in [4.69, 9.17) is 6.63 Å². The summed E-state index contributed by atoms with van der Waals surface area (Å²) in [7, 11) is 0. The fourth-order valence-electron chi connectivity index (χ4n) is 6.51. The number of halogens is 1. The molecule has 1 atom stereocenters. The van der Waals surface area contributed by atoms with Crippen molar-refractivity contribution in [3.8, 4) is 6.07 Å². The van der Waals surface area contributed by atoms with Crippen LogP contribution in [0.4, 0.5) is 15.8 Å². The van der Waals surface area contributed by atoms with E-state index < -0.39 is 23.7 Å². The Labute approximate surface area is 255 Å². The lowest BCUT2D eigenvalue weighted by Gasteiger charge is -2.36. The first-order valence-corrected chi connectivity index (χ1v) is 14.7. The van der Waals surface area contributed by atoms with Gasteiger partial charge in [0.05, 0.1) is 24.4 Å². The largest absolute Gasteiger partial charge is 0.367 e. The molecule has 2 saturated heterocycles. The number of benzene rings is 4. The number of piperazine rings is 1. The van der Waals surface area contributed by atoms with Gasteiger partial charge in [0, 0.05) is 50.1 Å². The topological polar surface area (TPSA) is 96.8 Å². The van der Waals surface area contributed by atoms with Gasteiger partial charge in [0.25, 0.3) is 5.91 Å². The predicted octanol–water partition coefficient (Wildman–Crippen LogP) is 4.53. The van der Waals surface area contributed by atoms with Crippen molar-refractivity contribution in [3.63, 3.8) is 0 Å². The summed E-state index contributed by atoms with van der Waals surface area (Å²) in [6.07, 6.45) is 0.588. The molecule has 3 aliphatic heterocycles. The molecule has 220 valence electrons. The van der Waals surface area contributed by atoms with Crippen LogP contribution in [-0.4, -0.2) is 54.8 Å². The van der Waals surface area contributed by atoms with E-state index in [9.17, 15) is 18.8 Å². The molecule has 8 nitrogen and oxygen atoms in total. The van der Waals surface area contributed by atoms with E-state index in [0.717, 1.165) is 41.5 Å². The SMILES string of the molecule is [2H]C1(N2C(=O)c3cccc4c(Cc5ccc(CN6CCN(c7ccc(C#N)cc7F)CC6)cc5)ccc2c34)CCC(=O)NC1=O. The second-order valence-corrected chi connectivity index (χ2v) is 11.5. The molecule has 4 aromatic carbocycles. The van der Waals surface area contributed by atoms with Crippen LogP contribution in [0, 0.1) is 17.1 Å². The first-order chi connectivity index (χ1) is 21.7. The molecule has 2 fully saturated rings. The van der Waals surface area contributed by atoms with Gasteiger partial charge in [0.2, 0.25) is 11.8 Å². The molecular weight excluding hydrogens is 557 g/mol. The summed E-state index contributed by atoms with van der Waals surface area (Å²) in [4.78, 5) is 43.6.